The first-order valence-electron chi connectivity index (χ1n) is 9.56. The molecule has 0 aliphatic heterocycles. The second-order valence-electron chi connectivity index (χ2n) is 7.35. The maximum absolute atomic E-state index is 12.1. The van der Waals surface area contributed by atoms with Gasteiger partial charge in [0.2, 0.25) is 5.91 Å². The lowest BCUT2D eigenvalue weighted by molar-refractivity contribution is 0.100. The standard InChI is InChI=1S/C25H20N2O2/c1-16-5-2-6-17(13-16)15-27-21-8-3-7-20(25(26)28)24(21)19-11-10-18(14-22(19)27)23-9-4-12-29-23/h2-14H,15H2,1H3,(H2,26,28). The van der Waals surface area contributed by atoms with Crippen molar-refractivity contribution >= 4 is 27.7 Å². The minimum atomic E-state index is -0.416. The Bertz CT molecular complexity index is 1360. The van der Waals surface area contributed by atoms with Crippen LogP contribution in [-0.2, 0) is 6.54 Å². The van der Waals surface area contributed by atoms with E-state index in [0.29, 0.717) is 12.1 Å². The van der Waals surface area contributed by atoms with Crippen molar-refractivity contribution in [1.29, 1.82) is 0 Å². The van der Waals surface area contributed by atoms with Crippen LogP contribution in [0.5, 0.6) is 0 Å². The van der Waals surface area contributed by atoms with E-state index in [2.05, 4.69) is 47.9 Å². The van der Waals surface area contributed by atoms with Gasteiger partial charge in [-0.05, 0) is 42.8 Å². The smallest absolute Gasteiger partial charge is 0.249 e. The Morgan fingerprint density at radius 2 is 1.83 bits per heavy atom. The highest BCUT2D eigenvalue weighted by molar-refractivity contribution is 6.18. The van der Waals surface area contributed by atoms with Gasteiger partial charge in [-0.3, -0.25) is 4.79 Å². The van der Waals surface area contributed by atoms with E-state index in [-0.39, 0.29) is 0 Å². The third kappa shape index (κ3) is 2.90. The third-order valence-electron chi connectivity index (χ3n) is 5.39. The average molecular weight is 380 g/mol. The van der Waals surface area contributed by atoms with Crippen LogP contribution < -0.4 is 5.73 Å². The molecule has 0 saturated carbocycles. The van der Waals surface area contributed by atoms with E-state index in [9.17, 15) is 4.79 Å². The Kier molecular flexibility index (Phi) is 3.98. The molecule has 0 saturated heterocycles. The molecular weight excluding hydrogens is 360 g/mol. The highest BCUT2D eigenvalue weighted by Crippen LogP contribution is 2.35. The first kappa shape index (κ1) is 17.3. The number of rotatable bonds is 4. The number of aromatic nitrogens is 1. The molecular formula is C25H20N2O2. The summed E-state index contributed by atoms with van der Waals surface area (Å²) in [5.41, 5.74) is 11.7. The van der Waals surface area contributed by atoms with Gasteiger partial charge in [0.25, 0.3) is 0 Å². The van der Waals surface area contributed by atoms with Crippen LogP contribution in [0.15, 0.2) is 83.5 Å². The van der Waals surface area contributed by atoms with Gasteiger partial charge in [-0.15, -0.1) is 0 Å². The number of hydrogen-bond donors (Lipinski definition) is 1. The van der Waals surface area contributed by atoms with E-state index < -0.39 is 5.91 Å². The number of primary amides is 1. The summed E-state index contributed by atoms with van der Waals surface area (Å²) in [5.74, 6) is 0.398. The van der Waals surface area contributed by atoms with Gasteiger partial charge in [-0.25, -0.2) is 0 Å². The zero-order valence-corrected chi connectivity index (χ0v) is 16.1. The van der Waals surface area contributed by atoms with E-state index in [1.54, 1.807) is 12.3 Å². The maximum atomic E-state index is 12.1. The Hall–Kier alpha value is -3.79. The third-order valence-corrected chi connectivity index (χ3v) is 5.39. The molecule has 0 bridgehead atoms. The molecule has 3 aromatic carbocycles. The Labute approximate surface area is 168 Å². The number of carbonyl (C=O) groups is 1. The molecule has 2 heterocycles. The molecule has 5 rings (SSSR count). The number of nitrogens with two attached hydrogens (primary N) is 1. The van der Waals surface area contributed by atoms with Crippen LogP contribution in [-0.4, -0.2) is 10.5 Å². The van der Waals surface area contributed by atoms with Crippen LogP contribution in [0.2, 0.25) is 0 Å². The Morgan fingerprint density at radius 3 is 2.59 bits per heavy atom. The van der Waals surface area contributed by atoms with Gasteiger partial charge in [0, 0.05) is 28.4 Å². The number of fused-ring (bicyclic) bond motifs is 3. The number of carbonyl (C=O) groups excluding carboxylic acids is 1. The van der Waals surface area contributed by atoms with Gasteiger partial charge in [0.05, 0.1) is 17.3 Å². The van der Waals surface area contributed by atoms with E-state index in [1.807, 2.05) is 30.3 Å². The molecule has 2 aromatic heterocycles. The van der Waals surface area contributed by atoms with E-state index >= 15 is 0 Å². The van der Waals surface area contributed by atoms with Crippen molar-refractivity contribution in [1.82, 2.24) is 4.57 Å². The molecule has 0 spiro atoms. The number of amides is 1. The average Bonchev–Trinajstić information content (AvgIpc) is 3.35. The van der Waals surface area contributed by atoms with Gasteiger partial charge in [0.15, 0.2) is 0 Å². The summed E-state index contributed by atoms with van der Waals surface area (Å²) in [6, 6.07) is 24.2. The summed E-state index contributed by atoms with van der Waals surface area (Å²) in [6.45, 7) is 2.79. The monoisotopic (exact) mass is 380 g/mol. The van der Waals surface area contributed by atoms with Crippen LogP contribution in [0.3, 0.4) is 0 Å². The molecule has 2 N–H and O–H groups in total. The predicted octanol–water partition coefficient (Wildman–Crippen LogP) is 5.51. The summed E-state index contributed by atoms with van der Waals surface area (Å²) >= 11 is 0. The second kappa shape index (κ2) is 6.67. The first-order valence-corrected chi connectivity index (χ1v) is 9.56. The Morgan fingerprint density at radius 1 is 0.966 bits per heavy atom. The molecule has 0 aliphatic rings. The van der Waals surface area contributed by atoms with Gasteiger partial charge in [0.1, 0.15) is 5.76 Å². The molecule has 29 heavy (non-hydrogen) atoms. The summed E-state index contributed by atoms with van der Waals surface area (Å²) in [7, 11) is 0. The fourth-order valence-electron chi connectivity index (χ4n) is 4.11. The molecule has 142 valence electrons. The van der Waals surface area contributed by atoms with Crippen LogP contribution in [0, 0.1) is 6.92 Å². The molecule has 0 unspecified atom stereocenters. The van der Waals surface area contributed by atoms with Crippen molar-refractivity contribution in [2.45, 2.75) is 13.5 Å². The van der Waals surface area contributed by atoms with Crippen molar-refractivity contribution < 1.29 is 9.21 Å². The highest BCUT2D eigenvalue weighted by atomic mass is 16.3. The molecule has 4 nitrogen and oxygen atoms in total. The zero-order valence-electron chi connectivity index (χ0n) is 16.1. The first-order chi connectivity index (χ1) is 14.1. The molecule has 1 amide bonds. The fourth-order valence-corrected chi connectivity index (χ4v) is 4.11. The lowest BCUT2D eigenvalue weighted by atomic mass is 10.0. The quantitative estimate of drug-likeness (QED) is 0.447. The van der Waals surface area contributed by atoms with Gasteiger partial charge < -0.3 is 14.7 Å². The van der Waals surface area contributed by atoms with Crippen molar-refractivity contribution in [2.24, 2.45) is 5.73 Å². The van der Waals surface area contributed by atoms with Crippen LogP contribution in [0.4, 0.5) is 0 Å². The maximum Gasteiger partial charge on any atom is 0.249 e. The summed E-state index contributed by atoms with van der Waals surface area (Å²) in [5, 5.41) is 1.91. The van der Waals surface area contributed by atoms with Gasteiger partial charge in [-0.2, -0.15) is 0 Å². The summed E-state index contributed by atoms with van der Waals surface area (Å²) < 4.78 is 7.84. The van der Waals surface area contributed by atoms with Crippen LogP contribution in [0.1, 0.15) is 21.5 Å². The predicted molar refractivity (Wildman–Crippen MR) is 116 cm³/mol. The topological polar surface area (TPSA) is 61.2 Å². The summed E-state index contributed by atoms with van der Waals surface area (Å²) in [4.78, 5) is 12.1. The largest absolute Gasteiger partial charge is 0.464 e. The number of furan rings is 1. The normalized spacial score (nSPS) is 11.3. The number of nitrogens with zero attached hydrogens (tertiary/aromatic N) is 1. The Balaban J connectivity index is 1.82. The molecule has 0 aliphatic carbocycles. The number of benzene rings is 3. The number of hydrogen-bond acceptors (Lipinski definition) is 2. The van der Waals surface area contributed by atoms with Crippen molar-refractivity contribution in [3.05, 3.63) is 95.7 Å². The van der Waals surface area contributed by atoms with Crippen molar-refractivity contribution in [2.75, 3.05) is 0 Å². The van der Waals surface area contributed by atoms with Gasteiger partial charge in [-0.1, -0.05) is 48.0 Å². The number of aryl methyl sites for hydroxylation is 1. The van der Waals surface area contributed by atoms with Crippen molar-refractivity contribution in [3.8, 4) is 11.3 Å². The van der Waals surface area contributed by atoms with Gasteiger partial charge >= 0.3 is 0 Å². The second-order valence-corrected chi connectivity index (χ2v) is 7.35. The minimum absolute atomic E-state index is 0.416. The SMILES string of the molecule is Cc1cccc(Cn2c3cc(-c4ccco4)ccc3c3c(C(N)=O)cccc32)c1. The fraction of sp³-hybridized carbons (Fsp3) is 0.0800. The van der Waals surface area contributed by atoms with E-state index in [1.165, 1.54) is 11.1 Å². The molecule has 0 atom stereocenters. The molecule has 5 aromatic rings. The lowest BCUT2D eigenvalue weighted by Gasteiger charge is -2.09. The molecule has 0 radical (unpaired) electrons. The van der Waals surface area contributed by atoms with Crippen molar-refractivity contribution in [3.63, 3.8) is 0 Å². The molecule has 0 fully saturated rings. The lowest BCUT2D eigenvalue weighted by Crippen LogP contribution is -2.11. The van der Waals surface area contributed by atoms with E-state index in [4.69, 9.17) is 10.2 Å². The van der Waals surface area contributed by atoms with Crippen LogP contribution >= 0.6 is 0 Å². The van der Waals surface area contributed by atoms with E-state index in [0.717, 1.165) is 33.1 Å². The zero-order chi connectivity index (χ0) is 20.0. The minimum Gasteiger partial charge on any atom is -0.464 e. The van der Waals surface area contributed by atoms with Crippen LogP contribution in [0.25, 0.3) is 33.1 Å². The summed E-state index contributed by atoms with van der Waals surface area (Å²) in [6.07, 6.45) is 1.67. The molecule has 4 heteroatoms. The highest BCUT2D eigenvalue weighted by Gasteiger charge is 2.17.